The van der Waals surface area contributed by atoms with Gasteiger partial charge in [-0.1, -0.05) is 0 Å². The molecule has 7 heteroatoms. The highest BCUT2D eigenvalue weighted by Gasteiger charge is 2.26. The van der Waals surface area contributed by atoms with E-state index < -0.39 is 24.0 Å². The van der Waals surface area contributed by atoms with Crippen molar-refractivity contribution in [3.05, 3.63) is 28.2 Å². The largest absolute Gasteiger partial charge is 0.497 e. The number of carbonyl (C=O) groups excluding carboxylic acids is 1. The Morgan fingerprint density at radius 2 is 2.05 bits per heavy atom. The number of benzene rings is 1. The molecule has 0 aliphatic heterocycles. The highest BCUT2D eigenvalue weighted by molar-refractivity contribution is 9.10. The molecule has 104 valence electrons. The molecular formula is C12H14BrNO5. The summed E-state index contributed by atoms with van der Waals surface area (Å²) >= 11 is 3.20. The first-order chi connectivity index (χ1) is 8.86. The van der Waals surface area contributed by atoms with Crippen LogP contribution in [0.5, 0.6) is 5.75 Å². The van der Waals surface area contributed by atoms with Gasteiger partial charge in [-0.3, -0.25) is 4.79 Å². The van der Waals surface area contributed by atoms with Crippen molar-refractivity contribution in [1.82, 2.24) is 5.32 Å². The summed E-state index contributed by atoms with van der Waals surface area (Å²) in [5, 5.41) is 20.5. The van der Waals surface area contributed by atoms with Crippen molar-refractivity contribution in [1.29, 1.82) is 0 Å². The third-order valence-electron chi connectivity index (χ3n) is 2.45. The molecule has 0 spiro atoms. The van der Waals surface area contributed by atoms with Crippen LogP contribution in [0.15, 0.2) is 22.7 Å². The number of methoxy groups -OCH3 is 1. The molecule has 0 aliphatic rings. The number of halogens is 1. The first-order valence-electron chi connectivity index (χ1n) is 5.42. The van der Waals surface area contributed by atoms with Crippen LogP contribution < -0.4 is 10.1 Å². The topological polar surface area (TPSA) is 95.9 Å². The van der Waals surface area contributed by atoms with Gasteiger partial charge in [0.25, 0.3) is 5.91 Å². The van der Waals surface area contributed by atoms with E-state index in [-0.39, 0.29) is 5.56 Å². The molecule has 0 saturated heterocycles. The SMILES string of the molecule is COc1ccc(Br)c(C(=O)N[C@H](C(=O)O)[C@@H](C)O)c1. The predicted octanol–water partition coefficient (Wildman–Crippen LogP) is 1.02. The van der Waals surface area contributed by atoms with Gasteiger partial charge in [0.1, 0.15) is 5.75 Å². The van der Waals surface area contributed by atoms with Crippen LogP contribution in [0.25, 0.3) is 0 Å². The number of carbonyl (C=O) groups is 2. The van der Waals surface area contributed by atoms with Crippen molar-refractivity contribution in [2.45, 2.75) is 19.1 Å². The van der Waals surface area contributed by atoms with Gasteiger partial charge in [-0.2, -0.15) is 0 Å². The Morgan fingerprint density at radius 1 is 1.42 bits per heavy atom. The first-order valence-corrected chi connectivity index (χ1v) is 6.21. The fourth-order valence-electron chi connectivity index (χ4n) is 1.41. The van der Waals surface area contributed by atoms with Crippen LogP contribution in [0, 0.1) is 0 Å². The lowest BCUT2D eigenvalue weighted by Crippen LogP contribution is -2.47. The number of rotatable bonds is 5. The van der Waals surface area contributed by atoms with Gasteiger partial charge >= 0.3 is 5.97 Å². The quantitative estimate of drug-likeness (QED) is 0.748. The smallest absolute Gasteiger partial charge is 0.328 e. The summed E-state index contributed by atoms with van der Waals surface area (Å²) in [6, 6.07) is 3.38. The molecule has 0 radical (unpaired) electrons. The van der Waals surface area contributed by atoms with Gasteiger partial charge in [0.05, 0.1) is 18.8 Å². The summed E-state index contributed by atoms with van der Waals surface area (Å²) in [5.41, 5.74) is 0.228. The molecule has 0 aromatic heterocycles. The Bertz CT molecular complexity index is 489. The number of amides is 1. The molecule has 19 heavy (non-hydrogen) atoms. The summed E-state index contributed by atoms with van der Waals surface area (Å²) in [4.78, 5) is 22.9. The van der Waals surface area contributed by atoms with E-state index in [1.54, 1.807) is 12.1 Å². The van der Waals surface area contributed by atoms with Gasteiger partial charge in [0.15, 0.2) is 6.04 Å². The molecule has 6 nitrogen and oxygen atoms in total. The molecule has 1 aromatic rings. The maximum Gasteiger partial charge on any atom is 0.328 e. The number of aliphatic hydroxyl groups is 1. The number of ether oxygens (including phenoxy) is 1. The molecule has 0 fully saturated rings. The molecule has 2 atom stereocenters. The van der Waals surface area contributed by atoms with Crippen LogP contribution in [-0.4, -0.2) is 41.3 Å². The average Bonchev–Trinajstić information content (AvgIpc) is 2.35. The lowest BCUT2D eigenvalue weighted by atomic mass is 10.1. The maximum absolute atomic E-state index is 12.0. The van der Waals surface area contributed by atoms with Crippen LogP contribution in [0.1, 0.15) is 17.3 Å². The van der Waals surface area contributed by atoms with Crippen molar-refractivity contribution < 1.29 is 24.5 Å². The number of aliphatic carboxylic acids is 1. The van der Waals surface area contributed by atoms with Crippen LogP contribution in [-0.2, 0) is 4.79 Å². The highest BCUT2D eigenvalue weighted by atomic mass is 79.9. The zero-order valence-corrected chi connectivity index (χ0v) is 12.0. The molecule has 1 amide bonds. The Morgan fingerprint density at radius 3 is 2.53 bits per heavy atom. The number of carboxylic acid groups (broad SMARTS) is 1. The molecule has 0 saturated carbocycles. The number of carboxylic acids is 1. The Hall–Kier alpha value is -1.60. The van der Waals surface area contributed by atoms with E-state index >= 15 is 0 Å². The van der Waals surface area contributed by atoms with Crippen molar-refractivity contribution in [3.63, 3.8) is 0 Å². The van der Waals surface area contributed by atoms with Gasteiger partial charge in [0.2, 0.25) is 0 Å². The molecule has 1 rings (SSSR count). The Balaban J connectivity index is 2.97. The highest BCUT2D eigenvalue weighted by Crippen LogP contribution is 2.22. The van der Waals surface area contributed by atoms with E-state index in [9.17, 15) is 14.7 Å². The predicted molar refractivity (Wildman–Crippen MR) is 71.3 cm³/mol. The number of hydrogen-bond donors (Lipinski definition) is 3. The minimum Gasteiger partial charge on any atom is -0.497 e. The second-order valence-electron chi connectivity index (χ2n) is 3.88. The Labute approximate surface area is 118 Å². The summed E-state index contributed by atoms with van der Waals surface area (Å²) in [6.07, 6.45) is -1.20. The van der Waals surface area contributed by atoms with E-state index in [1.807, 2.05) is 0 Å². The van der Waals surface area contributed by atoms with E-state index in [0.717, 1.165) is 0 Å². The average molecular weight is 332 g/mol. The van der Waals surface area contributed by atoms with Crippen LogP contribution in [0.4, 0.5) is 0 Å². The van der Waals surface area contributed by atoms with Crippen LogP contribution in [0.3, 0.4) is 0 Å². The van der Waals surface area contributed by atoms with Gasteiger partial charge in [0, 0.05) is 4.47 Å². The molecule has 0 aliphatic carbocycles. The minimum absolute atomic E-state index is 0.228. The van der Waals surface area contributed by atoms with Gasteiger partial charge in [-0.15, -0.1) is 0 Å². The molecule has 3 N–H and O–H groups in total. The van der Waals surface area contributed by atoms with Crippen LogP contribution in [0.2, 0.25) is 0 Å². The molecule has 0 bridgehead atoms. The van der Waals surface area contributed by atoms with Crippen molar-refractivity contribution in [2.24, 2.45) is 0 Å². The number of hydrogen-bond acceptors (Lipinski definition) is 4. The molecule has 0 heterocycles. The zero-order chi connectivity index (χ0) is 14.6. The minimum atomic E-state index is -1.37. The number of nitrogens with one attached hydrogen (secondary N) is 1. The number of aliphatic hydroxyl groups excluding tert-OH is 1. The summed E-state index contributed by atoms with van der Waals surface area (Å²) < 4.78 is 5.49. The normalized spacial score (nSPS) is 13.5. The fourth-order valence-corrected chi connectivity index (χ4v) is 1.84. The first kappa shape index (κ1) is 15.5. The lowest BCUT2D eigenvalue weighted by Gasteiger charge is -2.17. The maximum atomic E-state index is 12.0. The third-order valence-corrected chi connectivity index (χ3v) is 3.14. The van der Waals surface area contributed by atoms with E-state index in [1.165, 1.54) is 20.1 Å². The van der Waals surface area contributed by atoms with E-state index in [4.69, 9.17) is 9.84 Å². The molecular weight excluding hydrogens is 318 g/mol. The summed E-state index contributed by atoms with van der Waals surface area (Å²) in [5.74, 6) is -1.45. The second kappa shape index (κ2) is 6.53. The van der Waals surface area contributed by atoms with Crippen molar-refractivity contribution >= 4 is 27.8 Å². The summed E-state index contributed by atoms with van der Waals surface area (Å²) in [7, 11) is 1.46. The molecule has 1 aromatic carbocycles. The monoisotopic (exact) mass is 331 g/mol. The second-order valence-corrected chi connectivity index (χ2v) is 4.73. The Kier molecular flexibility index (Phi) is 5.31. The van der Waals surface area contributed by atoms with Crippen molar-refractivity contribution in [3.8, 4) is 5.75 Å². The van der Waals surface area contributed by atoms with Crippen LogP contribution >= 0.6 is 15.9 Å². The van der Waals surface area contributed by atoms with Gasteiger partial charge < -0.3 is 20.3 Å². The third kappa shape index (κ3) is 3.93. The standard InChI is InChI=1S/C12H14BrNO5/c1-6(15)10(12(17)18)14-11(16)8-5-7(19-2)3-4-9(8)13/h3-6,10,15H,1-2H3,(H,14,16)(H,17,18)/t6-,10+/m1/s1. The van der Waals surface area contributed by atoms with Crippen molar-refractivity contribution in [2.75, 3.05) is 7.11 Å². The fraction of sp³-hybridized carbons (Fsp3) is 0.333. The van der Waals surface area contributed by atoms with Gasteiger partial charge in [-0.25, -0.2) is 4.79 Å². The van der Waals surface area contributed by atoms with E-state index in [0.29, 0.717) is 10.2 Å². The van der Waals surface area contributed by atoms with E-state index in [2.05, 4.69) is 21.2 Å². The zero-order valence-electron chi connectivity index (χ0n) is 10.4. The van der Waals surface area contributed by atoms with Gasteiger partial charge in [-0.05, 0) is 41.1 Å². The molecule has 0 unspecified atom stereocenters. The summed E-state index contributed by atoms with van der Waals surface area (Å²) in [6.45, 7) is 1.29. The lowest BCUT2D eigenvalue weighted by molar-refractivity contribution is -0.141.